The third kappa shape index (κ3) is 17.1. The monoisotopic (exact) mass is 517 g/mol. The average molecular weight is 518 g/mol. The molecule has 1 unspecified atom stereocenters. The molecule has 3 aromatic rings. The Morgan fingerprint density at radius 2 is 1.54 bits per heavy atom. The first-order valence-corrected chi connectivity index (χ1v) is 13.6. The minimum atomic E-state index is -0.652. The first-order valence-electron chi connectivity index (χ1n) is 13.6. The van der Waals surface area contributed by atoms with Crippen molar-refractivity contribution in [1.29, 1.82) is 0 Å². The Morgan fingerprint density at radius 1 is 0.973 bits per heavy atom. The van der Waals surface area contributed by atoms with Crippen molar-refractivity contribution in [3.63, 3.8) is 0 Å². The second kappa shape index (κ2) is 27.5. The third-order valence-electron chi connectivity index (χ3n) is 3.56. The number of imidazole rings is 1. The van der Waals surface area contributed by atoms with E-state index in [-0.39, 0.29) is 13.2 Å². The van der Waals surface area contributed by atoms with Crippen LogP contribution in [0.5, 0.6) is 5.75 Å². The second-order valence-electron chi connectivity index (χ2n) is 6.33. The van der Waals surface area contributed by atoms with Crippen LogP contribution in [0.4, 0.5) is 0 Å². The van der Waals surface area contributed by atoms with Crippen LogP contribution in [0.15, 0.2) is 47.2 Å². The smallest absolute Gasteiger partial charge is 0.210 e. The van der Waals surface area contributed by atoms with Crippen molar-refractivity contribution < 1.29 is 19.5 Å². The predicted octanol–water partition coefficient (Wildman–Crippen LogP) is 7.26. The lowest BCUT2D eigenvalue weighted by atomic mass is 10.2. The molecule has 0 saturated carbocycles. The molecule has 7 heteroatoms. The molecule has 0 fully saturated rings. The molecule has 0 bridgehead atoms. The molecule has 2 heterocycles. The number of nitrogens with zero attached hydrogens (tertiary/aromatic N) is 3. The number of ether oxygens (including phenoxy) is 1. The molecule has 0 aliphatic heterocycles. The van der Waals surface area contributed by atoms with Gasteiger partial charge in [0.15, 0.2) is 0 Å². The number of hydrogen-bond donors (Lipinski definition) is 2. The van der Waals surface area contributed by atoms with Crippen LogP contribution in [-0.2, 0) is 6.54 Å². The molecule has 1 atom stereocenters. The van der Waals surface area contributed by atoms with Gasteiger partial charge in [0, 0.05) is 24.0 Å². The molecular weight excluding hydrogens is 466 g/mol. The number of rotatable bonds is 6. The van der Waals surface area contributed by atoms with Crippen molar-refractivity contribution in [3.05, 3.63) is 65.6 Å². The normalized spacial score (nSPS) is 9.32. The molecule has 3 rings (SSSR count). The summed E-state index contributed by atoms with van der Waals surface area (Å²) in [5, 5.41) is 22.4. The number of benzene rings is 1. The zero-order valence-corrected chi connectivity index (χ0v) is 25.0. The van der Waals surface area contributed by atoms with Crippen LogP contribution in [0.25, 0.3) is 0 Å². The van der Waals surface area contributed by atoms with E-state index in [0.29, 0.717) is 29.6 Å². The van der Waals surface area contributed by atoms with Gasteiger partial charge in [-0.1, -0.05) is 86.7 Å². The summed E-state index contributed by atoms with van der Waals surface area (Å²) in [6, 6.07) is 9.01. The average Bonchev–Trinajstić information content (AvgIpc) is 3.62. The lowest BCUT2D eigenvalue weighted by Gasteiger charge is -2.07. The van der Waals surface area contributed by atoms with Gasteiger partial charge in [0.2, 0.25) is 5.76 Å². The van der Waals surface area contributed by atoms with Crippen molar-refractivity contribution >= 4 is 0 Å². The van der Waals surface area contributed by atoms with Crippen molar-refractivity contribution in [3.8, 4) is 17.6 Å². The van der Waals surface area contributed by atoms with E-state index in [9.17, 15) is 5.11 Å². The van der Waals surface area contributed by atoms with Crippen molar-refractivity contribution in [1.82, 2.24) is 14.7 Å². The fraction of sp³-hybridized carbons (Fsp3) is 0.533. The molecule has 1 aromatic carbocycles. The maximum absolute atomic E-state index is 9.68. The van der Waals surface area contributed by atoms with Crippen LogP contribution in [-0.4, -0.2) is 38.1 Å². The second-order valence-corrected chi connectivity index (χ2v) is 6.33. The molecule has 2 N–H and O–H groups in total. The summed E-state index contributed by atoms with van der Waals surface area (Å²) in [5.74, 6) is 7.64. The van der Waals surface area contributed by atoms with Crippen LogP contribution in [0.3, 0.4) is 0 Å². The van der Waals surface area contributed by atoms with E-state index in [1.807, 2.05) is 72.1 Å². The lowest BCUT2D eigenvalue weighted by molar-refractivity contribution is 0.184. The van der Waals surface area contributed by atoms with E-state index in [1.54, 1.807) is 37.5 Å². The van der Waals surface area contributed by atoms with Crippen LogP contribution < -0.4 is 4.74 Å². The fourth-order valence-corrected chi connectivity index (χ4v) is 2.37. The Balaban J connectivity index is -0.000000924. The number of hydrogen-bond acceptors (Lipinski definition) is 6. The van der Waals surface area contributed by atoms with E-state index in [2.05, 4.69) is 35.8 Å². The highest BCUT2D eigenvalue weighted by Gasteiger charge is 2.10. The van der Waals surface area contributed by atoms with Crippen molar-refractivity contribution in [2.75, 3.05) is 13.2 Å². The summed E-state index contributed by atoms with van der Waals surface area (Å²) in [6.45, 7) is 22.6. The summed E-state index contributed by atoms with van der Waals surface area (Å²) >= 11 is 0. The Bertz CT molecular complexity index is 920. The third-order valence-corrected chi connectivity index (χ3v) is 3.56. The van der Waals surface area contributed by atoms with Gasteiger partial charge in [0.25, 0.3) is 0 Å². The Labute approximate surface area is 225 Å². The highest BCUT2D eigenvalue weighted by atomic mass is 16.5. The fourth-order valence-electron chi connectivity index (χ4n) is 2.37. The Kier molecular flexibility index (Phi) is 28.6. The van der Waals surface area contributed by atoms with Crippen molar-refractivity contribution in [2.24, 2.45) is 0 Å². The molecule has 0 amide bonds. The Hall–Kier alpha value is -3.08. The van der Waals surface area contributed by atoms with Crippen molar-refractivity contribution in [2.45, 2.75) is 95.2 Å². The zero-order valence-electron chi connectivity index (χ0n) is 25.0. The number of aliphatic hydroxyl groups is 2. The van der Waals surface area contributed by atoms with Gasteiger partial charge < -0.3 is 24.0 Å². The van der Waals surface area contributed by atoms with Gasteiger partial charge in [-0.2, -0.15) is 0 Å². The predicted molar refractivity (Wildman–Crippen MR) is 155 cm³/mol. The van der Waals surface area contributed by atoms with Crippen LogP contribution >= 0.6 is 0 Å². The van der Waals surface area contributed by atoms with Gasteiger partial charge in [-0.3, -0.25) is 0 Å². The Morgan fingerprint density at radius 3 is 2.05 bits per heavy atom. The summed E-state index contributed by atoms with van der Waals surface area (Å²) in [5.41, 5.74) is 1.51. The minimum absolute atomic E-state index is 0.0207. The van der Waals surface area contributed by atoms with Crippen LogP contribution in [0, 0.1) is 11.8 Å². The molecule has 0 spiro atoms. The molecule has 0 saturated heterocycles. The number of aliphatic hydroxyl groups excluding tert-OH is 2. The van der Waals surface area contributed by atoms with Crippen LogP contribution in [0.1, 0.15) is 112 Å². The SMILES string of the molecule is CC.CC.CC.CC.CC(O)c1nccn1Cc1cc(C#Cc2ccc(OCCO)cc2)on1.CCC. The standard InChI is InChI=1S/C19H19N3O4.C3H8.4C2H6/c1-14(24)19-20-8-9-22(19)13-16-12-18(26-21-16)7-4-15-2-5-17(6-3-15)25-11-10-23;1-3-2;4*1-2/h2-3,5-6,8-9,12,14,23-24H,10-11,13H2,1H3;3H2,1-2H3;4*1-2H3. The quantitative estimate of drug-likeness (QED) is 0.334. The van der Waals surface area contributed by atoms with Crippen LogP contribution in [0.2, 0.25) is 0 Å². The van der Waals surface area contributed by atoms with E-state index in [4.69, 9.17) is 14.4 Å². The van der Waals surface area contributed by atoms with Gasteiger partial charge in [-0.05, 0) is 37.1 Å². The van der Waals surface area contributed by atoms with E-state index >= 15 is 0 Å². The summed E-state index contributed by atoms with van der Waals surface area (Å²) in [7, 11) is 0. The van der Waals surface area contributed by atoms with Gasteiger partial charge in [-0.25, -0.2) is 4.98 Å². The first-order chi connectivity index (χ1) is 18.1. The molecule has 0 radical (unpaired) electrons. The first kappa shape index (κ1) is 38.5. The molecule has 210 valence electrons. The van der Waals surface area contributed by atoms with Gasteiger partial charge in [-0.15, -0.1) is 0 Å². The molecule has 0 aliphatic carbocycles. The highest BCUT2D eigenvalue weighted by Crippen LogP contribution is 2.13. The van der Waals surface area contributed by atoms with E-state index in [0.717, 1.165) is 5.56 Å². The maximum Gasteiger partial charge on any atom is 0.210 e. The molecule has 0 aliphatic rings. The van der Waals surface area contributed by atoms with Gasteiger partial charge >= 0.3 is 0 Å². The molecule has 7 nitrogen and oxygen atoms in total. The summed E-state index contributed by atoms with van der Waals surface area (Å²) in [6.07, 6.45) is 4.01. The minimum Gasteiger partial charge on any atom is -0.491 e. The summed E-state index contributed by atoms with van der Waals surface area (Å²) < 4.78 is 12.4. The molecule has 37 heavy (non-hydrogen) atoms. The topological polar surface area (TPSA) is 93.5 Å². The highest BCUT2D eigenvalue weighted by molar-refractivity contribution is 5.41. The zero-order chi connectivity index (χ0) is 29.1. The molecule has 2 aromatic heterocycles. The van der Waals surface area contributed by atoms with Gasteiger partial charge in [0.1, 0.15) is 30.0 Å². The maximum atomic E-state index is 9.68. The van der Waals surface area contributed by atoms with Gasteiger partial charge in [0.05, 0.1) is 13.2 Å². The lowest BCUT2D eigenvalue weighted by Crippen LogP contribution is -2.07. The van der Waals surface area contributed by atoms with E-state index < -0.39 is 6.10 Å². The van der Waals surface area contributed by atoms with E-state index in [1.165, 1.54) is 6.42 Å². The summed E-state index contributed by atoms with van der Waals surface area (Å²) in [4.78, 5) is 4.12. The number of aromatic nitrogens is 3. The molecular formula is C30H51N3O4. The largest absolute Gasteiger partial charge is 0.491 e.